The molecule has 0 saturated carbocycles. The first kappa shape index (κ1) is 33.2. The number of carbonyl (C=O) groups is 1. The van der Waals surface area contributed by atoms with Gasteiger partial charge in [-0.15, -0.1) is 0 Å². The van der Waals surface area contributed by atoms with Crippen LogP contribution in [0.3, 0.4) is 0 Å². The summed E-state index contributed by atoms with van der Waals surface area (Å²) in [5.41, 5.74) is 3.24. The third-order valence-corrected chi connectivity index (χ3v) is 10.3. The Kier molecular flexibility index (Phi) is 9.55. The highest BCUT2D eigenvalue weighted by Gasteiger charge is 2.38. The lowest BCUT2D eigenvalue weighted by Gasteiger charge is -2.38. The highest BCUT2D eigenvalue weighted by atomic mass is 32.2. The van der Waals surface area contributed by atoms with E-state index in [0.717, 1.165) is 31.4 Å². The molecule has 0 unspecified atom stereocenters. The second-order valence-corrected chi connectivity index (χ2v) is 13.7. The van der Waals surface area contributed by atoms with E-state index in [2.05, 4.69) is 28.0 Å². The fraction of sp³-hybridized carbons (Fsp3) is 0.306. The Hall–Kier alpha value is -4.70. The van der Waals surface area contributed by atoms with Gasteiger partial charge in [0.15, 0.2) is 4.32 Å². The number of benzene rings is 2. The molecule has 0 atom stereocenters. The van der Waals surface area contributed by atoms with Gasteiger partial charge in [-0.1, -0.05) is 79.4 Å². The Balaban J connectivity index is 1.40. The SMILES string of the molecule is CCCn1c(N2CCN(Cc3ccccc3)CC2)c(C=C2SC(=S)N(c3c(C)n(C)n(-c4ccccc4)c3=O)C2=O)c(C)c(C#N)c1=O. The predicted octanol–water partition coefficient (Wildman–Crippen LogP) is 4.96. The number of thioether (sulfide) groups is 1. The summed E-state index contributed by atoms with van der Waals surface area (Å²) in [5, 5.41) is 10.1. The highest BCUT2D eigenvalue weighted by molar-refractivity contribution is 8.27. The third-order valence-electron chi connectivity index (χ3n) is 9.03. The minimum atomic E-state index is -0.416. The third kappa shape index (κ3) is 5.94. The second kappa shape index (κ2) is 13.8. The van der Waals surface area contributed by atoms with Crippen molar-refractivity contribution >= 4 is 51.8 Å². The van der Waals surface area contributed by atoms with E-state index in [-0.39, 0.29) is 26.7 Å². The van der Waals surface area contributed by atoms with E-state index < -0.39 is 5.91 Å². The highest BCUT2D eigenvalue weighted by Crippen LogP contribution is 2.38. The van der Waals surface area contributed by atoms with E-state index in [9.17, 15) is 19.6 Å². The van der Waals surface area contributed by atoms with Gasteiger partial charge in [0.25, 0.3) is 17.0 Å². The van der Waals surface area contributed by atoms with Gasteiger partial charge in [0.1, 0.15) is 23.1 Å². The van der Waals surface area contributed by atoms with Crippen LogP contribution in [-0.2, 0) is 24.9 Å². The fourth-order valence-electron chi connectivity index (χ4n) is 6.48. The van der Waals surface area contributed by atoms with Crippen molar-refractivity contribution in [2.75, 3.05) is 36.0 Å². The van der Waals surface area contributed by atoms with Crippen molar-refractivity contribution in [3.8, 4) is 11.8 Å². The van der Waals surface area contributed by atoms with Gasteiger partial charge in [-0.25, -0.2) is 4.68 Å². The molecule has 246 valence electrons. The molecule has 4 aromatic rings. The van der Waals surface area contributed by atoms with Crippen LogP contribution < -0.4 is 20.9 Å². The topological polar surface area (TPSA) is 99.5 Å². The number of carbonyl (C=O) groups excluding carboxylic acids is 1. The van der Waals surface area contributed by atoms with Crippen molar-refractivity contribution in [3.63, 3.8) is 0 Å². The van der Waals surface area contributed by atoms with Crippen LogP contribution in [0.15, 0.2) is 75.2 Å². The molecule has 4 heterocycles. The molecule has 12 heteroatoms. The summed E-state index contributed by atoms with van der Waals surface area (Å²) in [6, 6.07) is 21.7. The van der Waals surface area contributed by atoms with Crippen molar-refractivity contribution in [1.82, 2.24) is 18.8 Å². The maximum Gasteiger partial charge on any atom is 0.296 e. The number of anilines is 2. The summed E-state index contributed by atoms with van der Waals surface area (Å²) in [5.74, 6) is 0.283. The van der Waals surface area contributed by atoms with Gasteiger partial charge in [-0.05, 0) is 49.6 Å². The zero-order chi connectivity index (χ0) is 34.1. The van der Waals surface area contributed by atoms with Crippen LogP contribution in [0.2, 0.25) is 0 Å². The summed E-state index contributed by atoms with van der Waals surface area (Å²) in [4.78, 5) is 47.9. The maximum absolute atomic E-state index is 14.2. The molecule has 48 heavy (non-hydrogen) atoms. The largest absolute Gasteiger partial charge is 0.355 e. The van der Waals surface area contributed by atoms with Gasteiger partial charge in [0.05, 0.1) is 16.3 Å². The molecule has 6 rings (SSSR count). The summed E-state index contributed by atoms with van der Waals surface area (Å²) in [6.45, 7) is 9.73. The number of hydrogen-bond acceptors (Lipinski definition) is 8. The second-order valence-electron chi connectivity index (χ2n) is 12.0. The van der Waals surface area contributed by atoms with E-state index >= 15 is 0 Å². The normalized spacial score (nSPS) is 16.3. The van der Waals surface area contributed by atoms with Gasteiger partial charge < -0.3 is 4.90 Å². The monoisotopic (exact) mass is 679 g/mol. The molecule has 2 aliphatic heterocycles. The first-order chi connectivity index (χ1) is 23.2. The molecular weight excluding hydrogens is 643 g/mol. The van der Waals surface area contributed by atoms with E-state index in [1.165, 1.54) is 15.1 Å². The Morgan fingerprint density at radius 2 is 1.58 bits per heavy atom. The van der Waals surface area contributed by atoms with Crippen LogP contribution in [0.1, 0.15) is 41.3 Å². The van der Waals surface area contributed by atoms with Gasteiger partial charge >= 0.3 is 0 Å². The maximum atomic E-state index is 14.2. The predicted molar refractivity (Wildman–Crippen MR) is 196 cm³/mol. The lowest BCUT2D eigenvalue weighted by molar-refractivity contribution is -0.113. The zero-order valence-electron chi connectivity index (χ0n) is 27.5. The zero-order valence-corrected chi connectivity index (χ0v) is 29.1. The quantitative estimate of drug-likeness (QED) is 0.190. The molecule has 2 aromatic carbocycles. The molecule has 2 aromatic heterocycles. The lowest BCUT2D eigenvalue weighted by atomic mass is 10.0. The Bertz CT molecular complexity index is 2080. The van der Waals surface area contributed by atoms with E-state index in [0.29, 0.717) is 59.3 Å². The molecule has 0 radical (unpaired) electrons. The molecule has 0 bridgehead atoms. The van der Waals surface area contributed by atoms with Crippen molar-refractivity contribution in [3.05, 3.63) is 114 Å². The number of nitriles is 1. The van der Waals surface area contributed by atoms with E-state index in [1.54, 1.807) is 36.2 Å². The minimum absolute atomic E-state index is 0.0568. The van der Waals surface area contributed by atoms with Crippen LogP contribution in [-0.4, -0.2) is 55.2 Å². The van der Waals surface area contributed by atoms with Gasteiger partial charge in [0.2, 0.25) is 0 Å². The number of hydrogen-bond donors (Lipinski definition) is 0. The number of aromatic nitrogens is 3. The van der Waals surface area contributed by atoms with E-state index in [1.807, 2.05) is 55.5 Å². The summed E-state index contributed by atoms with van der Waals surface area (Å²) in [7, 11) is 1.77. The summed E-state index contributed by atoms with van der Waals surface area (Å²) in [6.07, 6.45) is 2.44. The summed E-state index contributed by atoms with van der Waals surface area (Å²) < 4.78 is 5.17. The smallest absolute Gasteiger partial charge is 0.296 e. The van der Waals surface area contributed by atoms with Crippen LogP contribution in [0.5, 0.6) is 0 Å². The van der Waals surface area contributed by atoms with E-state index in [4.69, 9.17) is 12.2 Å². The molecule has 0 spiro atoms. The van der Waals surface area contributed by atoms with Gasteiger partial charge in [0, 0.05) is 51.9 Å². The average Bonchev–Trinajstić information content (AvgIpc) is 3.48. The van der Waals surface area contributed by atoms with Crippen LogP contribution in [0.25, 0.3) is 11.8 Å². The molecule has 2 aliphatic rings. The molecule has 0 aliphatic carbocycles. The van der Waals surface area contributed by atoms with Crippen molar-refractivity contribution in [2.45, 2.75) is 40.3 Å². The molecule has 2 saturated heterocycles. The molecule has 2 fully saturated rings. The Morgan fingerprint density at radius 3 is 2.21 bits per heavy atom. The number of amides is 1. The first-order valence-corrected chi connectivity index (χ1v) is 17.2. The number of nitrogens with zero attached hydrogens (tertiary/aromatic N) is 7. The number of pyridine rings is 1. The number of thiocarbonyl (C=S) groups is 1. The first-order valence-electron chi connectivity index (χ1n) is 16.0. The standard InChI is InChI=1S/C36H37N7O3S2/c1-5-16-41-32(40-19-17-39(18-20-40)23-26-12-8-6-9-13-26)28(24(2)29(22-37)33(41)44)21-30-34(45)42(36(47)48-30)31-25(3)38(4)43(35(31)46)27-14-10-7-11-15-27/h6-15,21H,5,16-20,23H2,1-4H3. The van der Waals surface area contributed by atoms with Crippen LogP contribution >= 0.6 is 24.0 Å². The number of rotatable bonds is 8. The van der Waals surface area contributed by atoms with Crippen molar-refractivity contribution in [2.24, 2.45) is 7.05 Å². The van der Waals surface area contributed by atoms with Crippen LogP contribution in [0.4, 0.5) is 11.5 Å². The molecule has 1 amide bonds. The average molecular weight is 680 g/mol. The molecular formula is C36H37N7O3S2. The summed E-state index contributed by atoms with van der Waals surface area (Å²) >= 11 is 6.84. The number of para-hydroxylation sites is 1. The Labute approximate surface area is 289 Å². The van der Waals surface area contributed by atoms with Crippen LogP contribution in [0, 0.1) is 25.2 Å². The molecule has 10 nitrogen and oxygen atoms in total. The molecule has 0 N–H and O–H groups in total. The van der Waals surface area contributed by atoms with Gasteiger partial charge in [-0.3, -0.25) is 33.4 Å². The Morgan fingerprint density at radius 1 is 0.938 bits per heavy atom. The van der Waals surface area contributed by atoms with Crippen molar-refractivity contribution < 1.29 is 4.79 Å². The number of piperazine rings is 1. The lowest BCUT2D eigenvalue weighted by Crippen LogP contribution is -2.48. The minimum Gasteiger partial charge on any atom is -0.355 e. The van der Waals surface area contributed by atoms with Crippen molar-refractivity contribution in [1.29, 1.82) is 5.26 Å². The fourth-order valence-corrected chi connectivity index (χ4v) is 7.73. The van der Waals surface area contributed by atoms with Gasteiger partial charge in [-0.2, -0.15) is 5.26 Å².